The zero-order chi connectivity index (χ0) is 12.6. The average Bonchev–Trinajstić information content (AvgIpc) is 2.33. The van der Waals surface area contributed by atoms with Gasteiger partial charge in [-0.15, -0.1) is 0 Å². The van der Waals surface area contributed by atoms with Crippen molar-refractivity contribution in [2.45, 2.75) is 6.54 Å². The van der Waals surface area contributed by atoms with Gasteiger partial charge in [0.2, 0.25) is 5.75 Å². The monoisotopic (exact) mass is 238 g/mol. The number of hydrogen-bond donors (Lipinski definition) is 3. The lowest BCUT2D eigenvalue weighted by Gasteiger charge is -2.24. The number of nitrogens with zero attached hydrogens (tertiary/aromatic N) is 1. The molecule has 0 atom stereocenters. The van der Waals surface area contributed by atoms with Crippen molar-refractivity contribution in [2.24, 2.45) is 0 Å². The summed E-state index contributed by atoms with van der Waals surface area (Å²) in [7, 11) is 2.86. The molecule has 0 bridgehead atoms. The number of aromatic hydroxyl groups is 1. The lowest BCUT2D eigenvalue weighted by molar-refractivity contribution is -0.0499. The predicted octanol–water partition coefficient (Wildman–Crippen LogP) is 1.17. The van der Waals surface area contributed by atoms with E-state index in [9.17, 15) is 10.3 Å². The summed E-state index contributed by atoms with van der Waals surface area (Å²) in [6.45, 7) is 0.141. The Balaban J connectivity index is 2.72. The zero-order valence-electron chi connectivity index (χ0n) is 9.60. The maximum atomic E-state index is 10.1. The number of phenols is 1. The quantitative estimate of drug-likeness (QED) is 0.529. The fourth-order valence-corrected chi connectivity index (χ4v) is 1.90. The van der Waals surface area contributed by atoms with Crippen molar-refractivity contribution in [3.8, 4) is 17.2 Å². The lowest BCUT2D eigenvalue weighted by Crippen LogP contribution is -2.17. The third-order valence-electron chi connectivity index (χ3n) is 2.71. The molecule has 0 saturated heterocycles. The molecular weight excluding hydrogens is 224 g/mol. The fourth-order valence-electron chi connectivity index (χ4n) is 1.90. The molecule has 6 heteroatoms. The van der Waals surface area contributed by atoms with E-state index in [0.29, 0.717) is 22.6 Å². The molecule has 0 fully saturated rings. The number of ether oxygens (including phenoxy) is 2. The van der Waals surface area contributed by atoms with E-state index in [1.54, 1.807) is 6.08 Å². The van der Waals surface area contributed by atoms with E-state index in [4.69, 9.17) is 15.2 Å². The average molecular weight is 238 g/mol. The molecule has 1 aromatic carbocycles. The highest BCUT2D eigenvalue weighted by Crippen LogP contribution is 2.47. The highest BCUT2D eigenvalue weighted by Gasteiger charge is 2.25. The minimum Gasteiger partial charge on any atom is -0.504 e. The number of fused-ring (bicyclic) bond motifs is 1. The molecule has 0 aliphatic carbocycles. The van der Waals surface area contributed by atoms with Gasteiger partial charge in [0.15, 0.2) is 11.5 Å². The van der Waals surface area contributed by atoms with Crippen LogP contribution in [0.5, 0.6) is 17.2 Å². The van der Waals surface area contributed by atoms with Crippen LogP contribution < -0.4 is 15.2 Å². The first-order chi connectivity index (χ1) is 8.10. The third kappa shape index (κ3) is 1.62. The number of hydroxylamine groups is 2. The first kappa shape index (κ1) is 11.4. The van der Waals surface area contributed by atoms with Crippen LogP contribution in [0, 0.1) is 0 Å². The van der Waals surface area contributed by atoms with Crippen LogP contribution >= 0.6 is 0 Å². The molecular formula is C11H14N2O4. The molecule has 0 unspecified atom stereocenters. The summed E-state index contributed by atoms with van der Waals surface area (Å²) >= 11 is 0. The fraction of sp³-hybridized carbons (Fsp3) is 0.273. The van der Waals surface area contributed by atoms with Gasteiger partial charge in [-0.2, -0.15) is 0 Å². The Hall–Kier alpha value is -2.08. The van der Waals surface area contributed by atoms with Crippen LogP contribution in [-0.4, -0.2) is 29.6 Å². The number of rotatable bonds is 2. The van der Waals surface area contributed by atoms with E-state index in [1.165, 1.54) is 20.4 Å². The molecule has 1 aromatic rings. The second kappa shape index (κ2) is 4.06. The molecule has 0 spiro atoms. The summed E-state index contributed by atoms with van der Waals surface area (Å²) in [6.07, 6.45) is 3.07. The van der Waals surface area contributed by atoms with E-state index < -0.39 is 0 Å². The van der Waals surface area contributed by atoms with Gasteiger partial charge in [-0.25, -0.2) is 0 Å². The number of anilines is 1. The summed E-state index contributed by atoms with van der Waals surface area (Å²) in [6, 6.07) is 0. The van der Waals surface area contributed by atoms with Gasteiger partial charge >= 0.3 is 0 Å². The molecule has 0 aromatic heterocycles. The number of benzene rings is 1. The van der Waals surface area contributed by atoms with Crippen LogP contribution in [0.15, 0.2) is 6.20 Å². The van der Waals surface area contributed by atoms with Gasteiger partial charge in [0.05, 0.1) is 26.5 Å². The molecule has 0 radical (unpaired) electrons. The summed E-state index contributed by atoms with van der Waals surface area (Å²) in [5.41, 5.74) is 7.45. The van der Waals surface area contributed by atoms with Crippen LogP contribution in [0.3, 0.4) is 0 Å². The Kier molecular flexibility index (Phi) is 2.72. The Morgan fingerprint density at radius 2 is 1.94 bits per heavy atom. The van der Waals surface area contributed by atoms with Gasteiger partial charge in [-0.05, 0) is 6.08 Å². The Morgan fingerprint density at radius 3 is 2.53 bits per heavy atom. The van der Waals surface area contributed by atoms with Crippen LogP contribution in [0.25, 0.3) is 6.08 Å². The summed E-state index contributed by atoms with van der Waals surface area (Å²) < 4.78 is 10.2. The van der Waals surface area contributed by atoms with Gasteiger partial charge in [0.1, 0.15) is 0 Å². The van der Waals surface area contributed by atoms with Gasteiger partial charge in [0, 0.05) is 17.3 Å². The van der Waals surface area contributed by atoms with Crippen LogP contribution in [-0.2, 0) is 6.54 Å². The van der Waals surface area contributed by atoms with Crippen molar-refractivity contribution in [2.75, 3.05) is 20.0 Å². The zero-order valence-corrected chi connectivity index (χ0v) is 9.60. The first-order valence-corrected chi connectivity index (χ1v) is 4.99. The summed E-state index contributed by atoms with van der Waals surface area (Å²) in [4.78, 5) is 0. The van der Waals surface area contributed by atoms with Crippen molar-refractivity contribution in [1.29, 1.82) is 0 Å². The number of nitrogens with two attached hydrogens (primary N) is 1. The third-order valence-corrected chi connectivity index (χ3v) is 2.71. The molecule has 6 nitrogen and oxygen atoms in total. The molecule has 2 rings (SSSR count). The molecule has 17 heavy (non-hydrogen) atoms. The van der Waals surface area contributed by atoms with E-state index in [1.807, 2.05) is 0 Å². The second-order valence-corrected chi connectivity index (χ2v) is 3.63. The van der Waals surface area contributed by atoms with Gasteiger partial charge in [-0.1, -0.05) is 0 Å². The normalized spacial score (nSPS) is 13.5. The molecule has 1 aliphatic rings. The van der Waals surface area contributed by atoms with E-state index in [-0.39, 0.29) is 18.0 Å². The Labute approximate surface area is 98.4 Å². The minimum absolute atomic E-state index is 0.0723. The van der Waals surface area contributed by atoms with E-state index in [2.05, 4.69) is 0 Å². The van der Waals surface area contributed by atoms with Crippen LogP contribution in [0.4, 0.5) is 5.69 Å². The van der Waals surface area contributed by atoms with Gasteiger partial charge in [-0.3, -0.25) is 10.3 Å². The molecule has 92 valence electrons. The molecule has 1 heterocycles. The smallest absolute Gasteiger partial charge is 0.205 e. The number of phenolic OH excluding ortho intramolecular Hbond substituents is 1. The largest absolute Gasteiger partial charge is 0.504 e. The van der Waals surface area contributed by atoms with Crippen LogP contribution in [0.1, 0.15) is 11.1 Å². The molecule has 4 N–H and O–H groups in total. The van der Waals surface area contributed by atoms with Crippen LogP contribution in [0.2, 0.25) is 0 Å². The van der Waals surface area contributed by atoms with Crippen molar-refractivity contribution in [1.82, 2.24) is 5.06 Å². The SMILES string of the molecule is COc1c(N)c2c(c(O)c1OC)CN(O)C=C2. The minimum atomic E-state index is -0.0723. The van der Waals surface area contributed by atoms with Crippen molar-refractivity contribution < 1.29 is 19.8 Å². The van der Waals surface area contributed by atoms with Crippen molar-refractivity contribution in [3.63, 3.8) is 0 Å². The Bertz CT molecular complexity index is 485. The maximum Gasteiger partial charge on any atom is 0.205 e. The summed E-state index contributed by atoms with van der Waals surface area (Å²) in [5.74, 6) is 0.393. The number of methoxy groups -OCH3 is 2. The molecule has 0 saturated carbocycles. The topological polar surface area (TPSA) is 88.2 Å². The number of nitrogen functional groups attached to an aromatic ring is 1. The number of hydrogen-bond acceptors (Lipinski definition) is 6. The van der Waals surface area contributed by atoms with Crippen molar-refractivity contribution in [3.05, 3.63) is 17.3 Å². The molecule has 1 aliphatic heterocycles. The maximum absolute atomic E-state index is 10.1. The molecule has 0 amide bonds. The van der Waals surface area contributed by atoms with E-state index >= 15 is 0 Å². The van der Waals surface area contributed by atoms with Gasteiger partial charge in [0.25, 0.3) is 0 Å². The highest BCUT2D eigenvalue weighted by atomic mass is 16.5. The highest BCUT2D eigenvalue weighted by molar-refractivity contribution is 5.81. The van der Waals surface area contributed by atoms with E-state index in [0.717, 1.165) is 5.06 Å². The lowest BCUT2D eigenvalue weighted by atomic mass is 10.00. The summed E-state index contributed by atoms with van der Waals surface area (Å²) in [5, 5.41) is 20.4. The second-order valence-electron chi connectivity index (χ2n) is 3.63. The first-order valence-electron chi connectivity index (χ1n) is 4.99. The van der Waals surface area contributed by atoms with Crippen molar-refractivity contribution >= 4 is 11.8 Å². The Morgan fingerprint density at radius 1 is 1.29 bits per heavy atom. The van der Waals surface area contributed by atoms with Gasteiger partial charge < -0.3 is 20.3 Å². The standard InChI is InChI=1S/C11H14N2O4/c1-16-10-8(12)6-3-4-13(15)5-7(6)9(14)11(10)17-2/h3-4,14-15H,5,12H2,1-2H3. The predicted molar refractivity (Wildman–Crippen MR) is 62.0 cm³/mol.